The van der Waals surface area contributed by atoms with E-state index in [0.29, 0.717) is 43.8 Å². The largest absolute Gasteiger partial charge is 0.361 e. The predicted octanol–water partition coefficient (Wildman–Crippen LogP) is 4.19. The van der Waals surface area contributed by atoms with Crippen molar-refractivity contribution in [1.82, 2.24) is 20.3 Å². The van der Waals surface area contributed by atoms with Gasteiger partial charge in [-0.25, -0.2) is 0 Å². The van der Waals surface area contributed by atoms with Gasteiger partial charge in [0.05, 0.1) is 18.2 Å². The number of nitrogens with one attached hydrogen (secondary N) is 2. The number of hydrogen-bond donors (Lipinski definition) is 2. The normalized spacial score (nSPS) is 21.6. The summed E-state index contributed by atoms with van der Waals surface area (Å²) in [6, 6.07) is 8.31. The van der Waals surface area contributed by atoms with E-state index < -0.39 is 12.1 Å². The molecule has 1 aromatic carbocycles. The molecule has 0 spiro atoms. The molecule has 3 aliphatic rings. The zero-order chi connectivity index (χ0) is 31.2. The standard InChI is InChI=1S/C34H41N5O5/c1-22(2)34(43)39-19-5-7-30(39)33(42)36-27-16-12-25(13-17-27)9-8-24-10-14-26(15-11-24)35-32(41)29-6-4-18-38(29)31(40)21-28-20-23(3)37-44-28/h8-14,16-17,20,22,26,29-30H,4-7,15,18-19,21H2,1-3H3,(H,35,41)(H,36,42)/b9-8+/t26?,29-,30-/m0/s1. The lowest BCUT2D eigenvalue weighted by Gasteiger charge is -2.26. The van der Waals surface area contributed by atoms with Crippen LogP contribution in [0.5, 0.6) is 0 Å². The molecular weight excluding hydrogens is 558 g/mol. The third-order valence-corrected chi connectivity index (χ3v) is 8.31. The van der Waals surface area contributed by atoms with Gasteiger partial charge < -0.3 is 25.0 Å². The summed E-state index contributed by atoms with van der Waals surface area (Å²) in [6.07, 6.45) is 13.8. The molecule has 0 saturated carbocycles. The molecule has 10 nitrogen and oxygen atoms in total. The second kappa shape index (κ2) is 13.9. The van der Waals surface area contributed by atoms with E-state index in [1.165, 1.54) is 0 Å². The number of anilines is 1. The highest BCUT2D eigenvalue weighted by Crippen LogP contribution is 2.23. The van der Waals surface area contributed by atoms with Crippen LogP contribution in [-0.2, 0) is 25.6 Å². The van der Waals surface area contributed by atoms with E-state index >= 15 is 0 Å². The molecule has 3 heterocycles. The summed E-state index contributed by atoms with van der Waals surface area (Å²) in [6.45, 7) is 6.71. The van der Waals surface area contributed by atoms with Crippen molar-refractivity contribution >= 4 is 35.4 Å². The predicted molar refractivity (Wildman–Crippen MR) is 167 cm³/mol. The maximum Gasteiger partial charge on any atom is 0.247 e. The first-order valence-corrected chi connectivity index (χ1v) is 15.5. The van der Waals surface area contributed by atoms with Crippen molar-refractivity contribution in [2.75, 3.05) is 18.4 Å². The molecule has 232 valence electrons. The second-order valence-electron chi connectivity index (χ2n) is 12.1. The van der Waals surface area contributed by atoms with Crippen molar-refractivity contribution in [3.05, 3.63) is 77.2 Å². The lowest BCUT2D eigenvalue weighted by Crippen LogP contribution is -2.48. The highest BCUT2D eigenvalue weighted by atomic mass is 16.5. The molecule has 0 radical (unpaired) electrons. The molecule has 2 fully saturated rings. The molecule has 44 heavy (non-hydrogen) atoms. The van der Waals surface area contributed by atoms with Crippen molar-refractivity contribution in [2.24, 2.45) is 5.92 Å². The molecule has 1 aliphatic carbocycles. The van der Waals surface area contributed by atoms with E-state index in [-0.39, 0.29) is 42.0 Å². The molecule has 1 aromatic heterocycles. The van der Waals surface area contributed by atoms with Crippen LogP contribution in [0, 0.1) is 12.8 Å². The molecule has 2 aromatic rings. The highest BCUT2D eigenvalue weighted by Gasteiger charge is 2.36. The first-order chi connectivity index (χ1) is 21.2. The van der Waals surface area contributed by atoms with Crippen molar-refractivity contribution in [1.29, 1.82) is 0 Å². The third kappa shape index (κ3) is 7.53. The number of aryl methyl sites for hydroxylation is 1. The van der Waals surface area contributed by atoms with Gasteiger partial charge in [-0.2, -0.15) is 0 Å². The molecule has 3 atom stereocenters. The molecule has 2 N–H and O–H groups in total. The minimum atomic E-state index is -0.474. The Morgan fingerprint density at radius 2 is 1.70 bits per heavy atom. The van der Waals surface area contributed by atoms with Gasteiger partial charge >= 0.3 is 0 Å². The quantitative estimate of drug-likeness (QED) is 0.446. The van der Waals surface area contributed by atoms with Gasteiger partial charge in [-0.15, -0.1) is 0 Å². The number of benzene rings is 1. The summed E-state index contributed by atoms with van der Waals surface area (Å²) >= 11 is 0. The van der Waals surface area contributed by atoms with E-state index in [1.54, 1.807) is 22.8 Å². The van der Waals surface area contributed by atoms with Crippen molar-refractivity contribution in [3.8, 4) is 0 Å². The van der Waals surface area contributed by atoms with Gasteiger partial charge in [-0.05, 0) is 62.3 Å². The topological polar surface area (TPSA) is 125 Å². The van der Waals surface area contributed by atoms with Gasteiger partial charge in [0.25, 0.3) is 0 Å². The summed E-state index contributed by atoms with van der Waals surface area (Å²) in [5, 5.41) is 9.88. The fourth-order valence-corrected chi connectivity index (χ4v) is 5.96. The average Bonchev–Trinajstić information content (AvgIpc) is 3.78. The maximum absolute atomic E-state index is 13.1. The monoisotopic (exact) mass is 599 g/mol. The van der Waals surface area contributed by atoms with Gasteiger partial charge in [0, 0.05) is 30.8 Å². The lowest BCUT2D eigenvalue weighted by molar-refractivity contribution is -0.139. The average molecular weight is 600 g/mol. The van der Waals surface area contributed by atoms with Crippen LogP contribution in [0.15, 0.2) is 64.7 Å². The molecule has 2 saturated heterocycles. The Bertz CT molecular complexity index is 1470. The first kappa shape index (κ1) is 31.0. The van der Waals surface area contributed by atoms with Crippen LogP contribution < -0.4 is 10.6 Å². The zero-order valence-corrected chi connectivity index (χ0v) is 25.6. The number of amides is 4. The Kier molecular flexibility index (Phi) is 9.77. The number of carbonyl (C=O) groups is 4. The smallest absolute Gasteiger partial charge is 0.247 e. The van der Waals surface area contributed by atoms with Crippen LogP contribution in [0.2, 0.25) is 0 Å². The number of nitrogens with zero attached hydrogens (tertiary/aromatic N) is 3. The number of allylic oxidation sites excluding steroid dienone is 3. The van der Waals surface area contributed by atoms with Crippen LogP contribution in [0.4, 0.5) is 5.69 Å². The van der Waals surface area contributed by atoms with Gasteiger partial charge in [0.1, 0.15) is 17.8 Å². The molecule has 0 bridgehead atoms. The minimum Gasteiger partial charge on any atom is -0.361 e. The second-order valence-corrected chi connectivity index (χ2v) is 12.1. The highest BCUT2D eigenvalue weighted by molar-refractivity contribution is 5.97. The number of carbonyl (C=O) groups excluding carboxylic acids is 4. The van der Waals surface area contributed by atoms with Crippen LogP contribution in [0.1, 0.15) is 63.0 Å². The Labute approximate surface area is 258 Å². The lowest BCUT2D eigenvalue weighted by atomic mass is 10.0. The van der Waals surface area contributed by atoms with Crippen molar-refractivity contribution in [2.45, 2.75) is 77.4 Å². The zero-order valence-electron chi connectivity index (χ0n) is 25.6. The van der Waals surface area contributed by atoms with Crippen LogP contribution >= 0.6 is 0 Å². The van der Waals surface area contributed by atoms with Crippen molar-refractivity contribution in [3.63, 3.8) is 0 Å². The molecule has 2 aliphatic heterocycles. The van der Waals surface area contributed by atoms with Gasteiger partial charge in [-0.3, -0.25) is 19.2 Å². The van der Waals surface area contributed by atoms with Crippen LogP contribution in [0.3, 0.4) is 0 Å². The molecule has 10 heteroatoms. The van der Waals surface area contributed by atoms with E-state index in [1.807, 2.05) is 62.4 Å². The van der Waals surface area contributed by atoms with Crippen LogP contribution in [0.25, 0.3) is 6.08 Å². The minimum absolute atomic E-state index is 0.0186. The summed E-state index contributed by atoms with van der Waals surface area (Å²) < 4.78 is 5.18. The number of aromatic nitrogens is 1. The van der Waals surface area contributed by atoms with Crippen molar-refractivity contribution < 1.29 is 23.7 Å². The third-order valence-electron chi connectivity index (χ3n) is 8.31. The van der Waals surface area contributed by atoms with E-state index in [4.69, 9.17) is 4.52 Å². The SMILES string of the molecule is Cc1cc(CC(=O)N2CCC[C@H]2C(=O)NC2C=CC(/C=C/c3ccc(NC(=O)[C@@H]4CCCN4C(=O)C(C)C)cc3)=CC2)on1. The fraction of sp³-hybridized carbons (Fsp3) is 0.441. The van der Waals surface area contributed by atoms with Crippen LogP contribution in [-0.4, -0.2) is 69.8 Å². The van der Waals surface area contributed by atoms with E-state index in [9.17, 15) is 19.2 Å². The summed E-state index contributed by atoms with van der Waals surface area (Å²) in [5.41, 5.74) is 3.43. The number of hydrogen-bond acceptors (Lipinski definition) is 6. The molecular formula is C34H41N5O5. The Hall–Kier alpha value is -4.47. The molecule has 5 rings (SSSR count). The number of rotatable bonds is 9. The van der Waals surface area contributed by atoms with E-state index in [2.05, 4.69) is 21.9 Å². The molecule has 1 unspecified atom stereocenters. The Morgan fingerprint density at radius 1 is 1.00 bits per heavy atom. The van der Waals surface area contributed by atoms with Gasteiger partial charge in [0.2, 0.25) is 23.6 Å². The first-order valence-electron chi connectivity index (χ1n) is 15.5. The van der Waals surface area contributed by atoms with Gasteiger partial charge in [0.15, 0.2) is 0 Å². The Balaban J connectivity index is 1.08. The number of likely N-dealkylation sites (tertiary alicyclic amines) is 2. The molecule has 4 amide bonds. The fourth-order valence-electron chi connectivity index (χ4n) is 5.96. The summed E-state index contributed by atoms with van der Waals surface area (Å²) in [4.78, 5) is 54.6. The Morgan fingerprint density at radius 3 is 2.34 bits per heavy atom. The summed E-state index contributed by atoms with van der Waals surface area (Å²) in [7, 11) is 0. The maximum atomic E-state index is 13.1. The van der Waals surface area contributed by atoms with Gasteiger partial charge in [-0.1, -0.05) is 61.5 Å². The van der Waals surface area contributed by atoms with E-state index in [0.717, 1.165) is 29.7 Å². The summed E-state index contributed by atoms with van der Waals surface area (Å²) in [5.74, 6) is -0.00802.